The number of ether oxygens (including phenoxy) is 2. The van der Waals surface area contributed by atoms with E-state index in [9.17, 15) is 13.2 Å². The quantitative estimate of drug-likeness (QED) is 0.746. The average Bonchev–Trinajstić information content (AvgIpc) is 3.45. The lowest BCUT2D eigenvalue weighted by Crippen LogP contribution is -2.26. The number of carbonyl (C=O) groups is 1. The predicted octanol–water partition coefficient (Wildman–Crippen LogP) is 3.05. The van der Waals surface area contributed by atoms with Gasteiger partial charge in [-0.3, -0.25) is 4.90 Å². The van der Waals surface area contributed by atoms with Crippen LogP contribution in [0.1, 0.15) is 11.3 Å². The molecule has 0 bridgehead atoms. The monoisotopic (exact) mass is 437 g/mol. The highest BCUT2D eigenvalue weighted by atomic mass is 19.4. The van der Waals surface area contributed by atoms with Gasteiger partial charge in [-0.05, 0) is 30.3 Å². The van der Waals surface area contributed by atoms with Gasteiger partial charge in [0.15, 0.2) is 0 Å². The fourth-order valence-electron chi connectivity index (χ4n) is 3.75. The summed E-state index contributed by atoms with van der Waals surface area (Å²) in [5.41, 5.74) is 1.88. The summed E-state index contributed by atoms with van der Waals surface area (Å²) in [6.45, 7) is 4.40. The summed E-state index contributed by atoms with van der Waals surface area (Å²) < 4.78 is 43.7. The molecule has 3 atom stereocenters. The van der Waals surface area contributed by atoms with Gasteiger partial charge in [0, 0.05) is 43.4 Å². The Kier molecular flexibility index (Phi) is 7.20. The standard InChI is InChI=1S/C19H21N3O2.C2HF3O2/c20-8-14-3-1-5-17(7-14)23-12-15-13-24-19-11-22(10-18(15)19)9-16-4-2-6-21-16;3-2(4,5)1(6)7/h1-7,15,18-19,21H,9-13H2;(H,6,7)/t15-,18-,19-;/m1./s1. The summed E-state index contributed by atoms with van der Waals surface area (Å²) >= 11 is 0. The van der Waals surface area contributed by atoms with Crippen LogP contribution in [-0.2, 0) is 16.1 Å². The molecule has 1 aromatic carbocycles. The van der Waals surface area contributed by atoms with Crippen molar-refractivity contribution in [2.24, 2.45) is 11.8 Å². The third-order valence-electron chi connectivity index (χ3n) is 5.24. The van der Waals surface area contributed by atoms with E-state index in [-0.39, 0.29) is 0 Å². The number of benzene rings is 1. The molecule has 0 spiro atoms. The number of H-pyrrole nitrogens is 1. The molecule has 1 aromatic heterocycles. The number of carboxylic acids is 1. The molecule has 7 nitrogen and oxygen atoms in total. The summed E-state index contributed by atoms with van der Waals surface area (Å²) in [5.74, 6) is -1.06. The maximum absolute atomic E-state index is 10.6. The molecule has 2 fully saturated rings. The summed E-state index contributed by atoms with van der Waals surface area (Å²) in [6, 6.07) is 13.6. The van der Waals surface area contributed by atoms with Crippen LogP contribution in [0.2, 0.25) is 0 Å². The average molecular weight is 437 g/mol. The first-order valence-electron chi connectivity index (χ1n) is 9.65. The lowest BCUT2D eigenvalue weighted by Gasteiger charge is -2.19. The molecule has 166 valence electrons. The van der Waals surface area contributed by atoms with E-state index >= 15 is 0 Å². The van der Waals surface area contributed by atoms with Crippen molar-refractivity contribution in [2.45, 2.75) is 18.8 Å². The number of alkyl halides is 3. The molecule has 2 aliphatic rings. The zero-order valence-corrected chi connectivity index (χ0v) is 16.5. The smallest absolute Gasteiger partial charge is 0.490 e. The second-order valence-corrected chi connectivity index (χ2v) is 7.44. The maximum atomic E-state index is 10.6. The third kappa shape index (κ3) is 6.23. The molecule has 0 unspecified atom stereocenters. The number of likely N-dealkylation sites (tertiary alicyclic amines) is 1. The summed E-state index contributed by atoms with van der Waals surface area (Å²) in [7, 11) is 0. The lowest BCUT2D eigenvalue weighted by molar-refractivity contribution is -0.192. The van der Waals surface area contributed by atoms with Gasteiger partial charge in [-0.15, -0.1) is 0 Å². The van der Waals surface area contributed by atoms with Gasteiger partial charge in [0.25, 0.3) is 0 Å². The molecule has 2 aromatic rings. The molecule has 0 aliphatic carbocycles. The van der Waals surface area contributed by atoms with Crippen LogP contribution in [0.3, 0.4) is 0 Å². The van der Waals surface area contributed by atoms with E-state index in [0.717, 1.165) is 32.0 Å². The number of nitrogens with zero attached hydrogens (tertiary/aromatic N) is 2. The normalized spacial score (nSPS) is 22.8. The van der Waals surface area contributed by atoms with Crippen molar-refractivity contribution in [3.05, 3.63) is 53.9 Å². The number of aliphatic carboxylic acids is 1. The molecule has 2 N–H and O–H groups in total. The topological polar surface area (TPSA) is 98.6 Å². The second-order valence-electron chi connectivity index (χ2n) is 7.44. The number of aromatic amines is 1. The Labute approximate surface area is 177 Å². The van der Waals surface area contributed by atoms with Gasteiger partial charge in [-0.1, -0.05) is 6.07 Å². The molecule has 2 aliphatic heterocycles. The van der Waals surface area contributed by atoms with Gasteiger partial charge in [-0.2, -0.15) is 18.4 Å². The number of nitrogens with one attached hydrogen (secondary N) is 1. The van der Waals surface area contributed by atoms with Crippen LogP contribution in [0.25, 0.3) is 0 Å². The number of fused-ring (bicyclic) bond motifs is 1. The second kappa shape index (κ2) is 9.85. The van der Waals surface area contributed by atoms with Crippen LogP contribution >= 0.6 is 0 Å². The predicted molar refractivity (Wildman–Crippen MR) is 103 cm³/mol. The molecule has 4 rings (SSSR count). The Hall–Kier alpha value is -3.03. The Bertz CT molecular complexity index is 911. The molecule has 10 heteroatoms. The van der Waals surface area contributed by atoms with E-state index in [1.165, 1.54) is 5.69 Å². The van der Waals surface area contributed by atoms with E-state index in [1.54, 1.807) is 12.1 Å². The van der Waals surface area contributed by atoms with Crippen molar-refractivity contribution in [2.75, 3.05) is 26.3 Å². The highest BCUT2D eigenvalue weighted by molar-refractivity contribution is 5.73. The molecule has 3 heterocycles. The Morgan fingerprint density at radius 1 is 1.32 bits per heavy atom. The largest absolute Gasteiger partial charge is 0.493 e. The fourth-order valence-corrected chi connectivity index (χ4v) is 3.75. The van der Waals surface area contributed by atoms with E-state index in [0.29, 0.717) is 30.1 Å². The number of hydrogen-bond donors (Lipinski definition) is 2. The highest BCUT2D eigenvalue weighted by Gasteiger charge is 2.44. The van der Waals surface area contributed by atoms with Crippen molar-refractivity contribution in [1.29, 1.82) is 5.26 Å². The van der Waals surface area contributed by atoms with Crippen LogP contribution in [0.15, 0.2) is 42.6 Å². The highest BCUT2D eigenvalue weighted by Crippen LogP contribution is 2.34. The van der Waals surface area contributed by atoms with Crippen LogP contribution < -0.4 is 4.74 Å². The first kappa shape index (κ1) is 22.7. The van der Waals surface area contributed by atoms with Gasteiger partial charge in [0.05, 0.1) is 31.0 Å². The Morgan fingerprint density at radius 3 is 2.74 bits per heavy atom. The zero-order chi connectivity index (χ0) is 22.4. The van der Waals surface area contributed by atoms with Gasteiger partial charge < -0.3 is 19.6 Å². The van der Waals surface area contributed by atoms with Gasteiger partial charge >= 0.3 is 12.1 Å². The van der Waals surface area contributed by atoms with Crippen molar-refractivity contribution in [1.82, 2.24) is 9.88 Å². The first-order valence-corrected chi connectivity index (χ1v) is 9.65. The van der Waals surface area contributed by atoms with Crippen LogP contribution in [-0.4, -0.2) is 59.5 Å². The number of nitriles is 1. The number of hydrogen-bond acceptors (Lipinski definition) is 5. The molecular weight excluding hydrogens is 415 g/mol. The Balaban J connectivity index is 0.000000339. The SMILES string of the molecule is N#Cc1cccc(OC[C@@H]2CO[C@@H]3CN(Cc4ccc[nH]4)C[C@H]23)c1.O=C(O)C(F)(F)F. The Morgan fingerprint density at radius 2 is 2.10 bits per heavy atom. The number of carboxylic acid groups (broad SMARTS) is 1. The zero-order valence-electron chi connectivity index (χ0n) is 16.5. The minimum Gasteiger partial charge on any atom is -0.493 e. The maximum Gasteiger partial charge on any atom is 0.490 e. The molecule has 0 amide bonds. The van der Waals surface area contributed by atoms with Gasteiger partial charge in [0.2, 0.25) is 0 Å². The minimum absolute atomic E-state index is 0.319. The summed E-state index contributed by atoms with van der Waals surface area (Å²) in [6.07, 6.45) is -2.80. The van der Waals surface area contributed by atoms with E-state index < -0.39 is 12.1 Å². The van der Waals surface area contributed by atoms with Crippen LogP contribution in [0, 0.1) is 23.2 Å². The summed E-state index contributed by atoms with van der Waals surface area (Å²) in [5, 5.41) is 16.1. The van der Waals surface area contributed by atoms with Crippen LogP contribution in [0.5, 0.6) is 5.75 Å². The summed E-state index contributed by atoms with van der Waals surface area (Å²) in [4.78, 5) is 14.6. The molecular formula is C21H22F3N3O4. The first-order chi connectivity index (χ1) is 14.8. The van der Waals surface area contributed by atoms with Gasteiger partial charge in [0.1, 0.15) is 5.75 Å². The molecule has 2 saturated heterocycles. The number of halogens is 3. The third-order valence-corrected chi connectivity index (χ3v) is 5.24. The van der Waals surface area contributed by atoms with E-state index in [4.69, 9.17) is 24.6 Å². The van der Waals surface area contributed by atoms with Gasteiger partial charge in [-0.25, -0.2) is 4.79 Å². The van der Waals surface area contributed by atoms with Crippen molar-refractivity contribution in [3.8, 4) is 11.8 Å². The fraction of sp³-hybridized carbons (Fsp3) is 0.429. The van der Waals surface area contributed by atoms with Crippen molar-refractivity contribution >= 4 is 5.97 Å². The molecule has 0 radical (unpaired) electrons. The molecule has 0 saturated carbocycles. The van der Waals surface area contributed by atoms with Crippen LogP contribution in [0.4, 0.5) is 13.2 Å². The molecule has 31 heavy (non-hydrogen) atoms. The van der Waals surface area contributed by atoms with E-state index in [2.05, 4.69) is 22.0 Å². The minimum atomic E-state index is -5.08. The number of rotatable bonds is 5. The van der Waals surface area contributed by atoms with E-state index in [1.807, 2.05) is 24.4 Å². The van der Waals surface area contributed by atoms with Crippen molar-refractivity contribution in [3.63, 3.8) is 0 Å². The lowest BCUT2D eigenvalue weighted by atomic mass is 9.94. The number of aromatic nitrogens is 1. The van der Waals surface area contributed by atoms with Crippen molar-refractivity contribution < 1.29 is 32.5 Å².